The second-order valence-corrected chi connectivity index (χ2v) is 4.03. The maximum atomic E-state index is 5.57. The van der Waals surface area contributed by atoms with Crippen LogP contribution in [0.1, 0.15) is 30.9 Å². The summed E-state index contributed by atoms with van der Waals surface area (Å²) in [4.78, 5) is 0. The molecule has 1 rings (SSSR count). The number of ether oxygens (including phenoxy) is 1. The minimum atomic E-state index is 0.672. The molecule has 2 N–H and O–H groups in total. The van der Waals surface area contributed by atoms with E-state index in [0.29, 0.717) is 6.61 Å². The van der Waals surface area contributed by atoms with Gasteiger partial charge in [-0.15, -0.1) is 0 Å². The van der Waals surface area contributed by atoms with Crippen molar-refractivity contribution >= 4 is 5.57 Å². The van der Waals surface area contributed by atoms with Crippen LogP contribution in [0.5, 0.6) is 0 Å². The van der Waals surface area contributed by atoms with E-state index in [-0.39, 0.29) is 0 Å². The van der Waals surface area contributed by atoms with Gasteiger partial charge in [0.2, 0.25) is 0 Å². The van der Waals surface area contributed by atoms with Crippen LogP contribution in [-0.2, 0) is 11.3 Å². The maximum Gasteiger partial charge on any atom is 0.0717 e. The van der Waals surface area contributed by atoms with Gasteiger partial charge in [-0.25, -0.2) is 0 Å². The lowest BCUT2D eigenvalue weighted by atomic mass is 10.1. The molecule has 1 aromatic carbocycles. The fourth-order valence-electron chi connectivity index (χ4n) is 1.47. The minimum absolute atomic E-state index is 0.672. The number of benzene rings is 1. The molecule has 0 radical (unpaired) electrons. The zero-order valence-electron chi connectivity index (χ0n) is 10.0. The van der Waals surface area contributed by atoms with Gasteiger partial charge in [0.1, 0.15) is 0 Å². The third-order valence-electron chi connectivity index (χ3n) is 2.43. The van der Waals surface area contributed by atoms with Crippen molar-refractivity contribution in [2.45, 2.75) is 26.4 Å². The fraction of sp³-hybridized carbons (Fsp3) is 0.429. The molecule has 0 amide bonds. The monoisotopic (exact) mass is 219 g/mol. The van der Waals surface area contributed by atoms with Crippen molar-refractivity contribution in [1.82, 2.24) is 0 Å². The summed E-state index contributed by atoms with van der Waals surface area (Å²) in [6.45, 7) is 8.15. The van der Waals surface area contributed by atoms with Gasteiger partial charge in [-0.3, -0.25) is 0 Å². The Balaban J connectivity index is 2.36. The zero-order chi connectivity index (χ0) is 11.8. The van der Waals surface area contributed by atoms with Crippen molar-refractivity contribution < 1.29 is 4.74 Å². The van der Waals surface area contributed by atoms with Crippen molar-refractivity contribution in [3.63, 3.8) is 0 Å². The van der Waals surface area contributed by atoms with Gasteiger partial charge in [0.15, 0.2) is 0 Å². The van der Waals surface area contributed by atoms with Crippen LogP contribution in [-0.4, -0.2) is 13.2 Å². The van der Waals surface area contributed by atoms with Crippen LogP contribution in [0.15, 0.2) is 30.8 Å². The van der Waals surface area contributed by atoms with Gasteiger partial charge in [0, 0.05) is 6.61 Å². The van der Waals surface area contributed by atoms with E-state index in [4.69, 9.17) is 10.5 Å². The molecule has 2 nitrogen and oxygen atoms in total. The molecule has 0 aliphatic rings. The quantitative estimate of drug-likeness (QED) is 0.715. The molecule has 0 heterocycles. The Morgan fingerprint density at radius 1 is 1.38 bits per heavy atom. The first-order valence-electron chi connectivity index (χ1n) is 5.76. The molecule has 0 aromatic heterocycles. The lowest BCUT2D eigenvalue weighted by molar-refractivity contribution is 0.117. The lowest BCUT2D eigenvalue weighted by Crippen LogP contribution is -2.02. The fourth-order valence-corrected chi connectivity index (χ4v) is 1.47. The SMILES string of the molecule is C=C(C)c1cccc(COCCCCN)c1. The third-order valence-corrected chi connectivity index (χ3v) is 2.43. The van der Waals surface area contributed by atoms with Crippen molar-refractivity contribution in [2.75, 3.05) is 13.2 Å². The molecular formula is C14H21NO. The van der Waals surface area contributed by atoms with Gasteiger partial charge >= 0.3 is 0 Å². The van der Waals surface area contributed by atoms with Crippen LogP contribution in [0, 0.1) is 0 Å². The second-order valence-electron chi connectivity index (χ2n) is 4.03. The number of rotatable bonds is 7. The van der Waals surface area contributed by atoms with Crippen LogP contribution < -0.4 is 5.73 Å². The first-order chi connectivity index (χ1) is 7.74. The Morgan fingerprint density at radius 3 is 2.88 bits per heavy atom. The Morgan fingerprint density at radius 2 is 2.19 bits per heavy atom. The largest absolute Gasteiger partial charge is 0.377 e. The van der Waals surface area contributed by atoms with Crippen LogP contribution in [0.25, 0.3) is 5.57 Å². The summed E-state index contributed by atoms with van der Waals surface area (Å²) in [5, 5.41) is 0. The van der Waals surface area contributed by atoms with E-state index < -0.39 is 0 Å². The van der Waals surface area contributed by atoms with E-state index in [2.05, 4.69) is 24.8 Å². The molecule has 16 heavy (non-hydrogen) atoms. The predicted molar refractivity (Wildman–Crippen MR) is 69.1 cm³/mol. The van der Waals surface area contributed by atoms with E-state index >= 15 is 0 Å². The maximum absolute atomic E-state index is 5.57. The van der Waals surface area contributed by atoms with Crippen LogP contribution in [0.3, 0.4) is 0 Å². The van der Waals surface area contributed by atoms with Gasteiger partial charge in [-0.1, -0.05) is 30.4 Å². The minimum Gasteiger partial charge on any atom is -0.377 e. The van der Waals surface area contributed by atoms with Crippen LogP contribution in [0.2, 0.25) is 0 Å². The number of unbranched alkanes of at least 4 members (excludes halogenated alkanes) is 1. The van der Waals surface area contributed by atoms with Gasteiger partial charge in [0.05, 0.1) is 6.61 Å². The van der Waals surface area contributed by atoms with E-state index in [9.17, 15) is 0 Å². The van der Waals surface area contributed by atoms with Gasteiger partial charge in [-0.05, 0) is 43.5 Å². The molecule has 0 aliphatic carbocycles. The van der Waals surface area contributed by atoms with E-state index in [1.165, 1.54) is 11.1 Å². The summed E-state index contributed by atoms with van der Waals surface area (Å²) in [6, 6.07) is 8.32. The average Bonchev–Trinajstić information content (AvgIpc) is 2.29. The molecule has 2 heteroatoms. The Labute approximate surface area is 98.1 Å². The molecular weight excluding hydrogens is 198 g/mol. The van der Waals surface area contributed by atoms with Crippen LogP contribution in [0.4, 0.5) is 0 Å². The zero-order valence-corrected chi connectivity index (χ0v) is 10.0. The van der Waals surface area contributed by atoms with Crippen molar-refractivity contribution in [3.05, 3.63) is 42.0 Å². The molecule has 88 valence electrons. The third kappa shape index (κ3) is 4.60. The number of hydrogen-bond donors (Lipinski definition) is 1. The molecule has 0 saturated heterocycles. The summed E-state index contributed by atoms with van der Waals surface area (Å²) in [7, 11) is 0. The molecule has 0 unspecified atom stereocenters. The lowest BCUT2D eigenvalue weighted by Gasteiger charge is -2.06. The Kier molecular flexibility index (Phi) is 5.83. The van der Waals surface area contributed by atoms with Gasteiger partial charge in [-0.2, -0.15) is 0 Å². The molecule has 0 spiro atoms. The van der Waals surface area contributed by atoms with Crippen LogP contribution >= 0.6 is 0 Å². The smallest absolute Gasteiger partial charge is 0.0717 e. The topological polar surface area (TPSA) is 35.2 Å². The Hall–Kier alpha value is -1.12. The summed E-state index contributed by atoms with van der Waals surface area (Å²) in [5.41, 5.74) is 8.88. The normalized spacial score (nSPS) is 10.4. The van der Waals surface area contributed by atoms with Crippen molar-refractivity contribution in [3.8, 4) is 0 Å². The molecule has 0 fully saturated rings. The molecule has 0 bridgehead atoms. The molecule has 0 aliphatic heterocycles. The summed E-state index contributed by atoms with van der Waals surface area (Å²) in [5.74, 6) is 0. The van der Waals surface area contributed by atoms with Gasteiger partial charge < -0.3 is 10.5 Å². The number of hydrogen-bond acceptors (Lipinski definition) is 2. The molecule has 1 aromatic rings. The first-order valence-corrected chi connectivity index (χ1v) is 5.76. The highest BCUT2D eigenvalue weighted by Gasteiger charge is 1.97. The summed E-state index contributed by atoms with van der Waals surface area (Å²) >= 11 is 0. The molecule has 0 saturated carbocycles. The first kappa shape index (κ1) is 12.9. The second kappa shape index (κ2) is 7.20. The average molecular weight is 219 g/mol. The Bertz CT molecular complexity index is 333. The van der Waals surface area contributed by atoms with E-state index in [1.807, 2.05) is 13.0 Å². The number of allylic oxidation sites excluding steroid dienone is 1. The summed E-state index contributed by atoms with van der Waals surface area (Å²) < 4.78 is 5.57. The molecule has 0 atom stereocenters. The highest BCUT2D eigenvalue weighted by molar-refractivity contribution is 5.61. The van der Waals surface area contributed by atoms with Gasteiger partial charge in [0.25, 0.3) is 0 Å². The highest BCUT2D eigenvalue weighted by atomic mass is 16.5. The number of nitrogens with two attached hydrogens (primary N) is 1. The highest BCUT2D eigenvalue weighted by Crippen LogP contribution is 2.13. The van der Waals surface area contributed by atoms with Crippen molar-refractivity contribution in [1.29, 1.82) is 0 Å². The van der Waals surface area contributed by atoms with E-state index in [0.717, 1.165) is 31.6 Å². The predicted octanol–water partition coefficient (Wildman–Crippen LogP) is 2.98. The van der Waals surface area contributed by atoms with E-state index in [1.54, 1.807) is 0 Å². The summed E-state index contributed by atoms with van der Waals surface area (Å²) in [6.07, 6.45) is 2.07. The van der Waals surface area contributed by atoms with Crippen molar-refractivity contribution in [2.24, 2.45) is 5.73 Å². The standard InChI is InChI=1S/C14H21NO/c1-12(2)14-7-5-6-13(10-14)11-16-9-4-3-8-15/h5-7,10H,1,3-4,8-9,11,15H2,2H3.